The Balaban J connectivity index is 2.21. The summed E-state index contributed by atoms with van der Waals surface area (Å²) in [5, 5.41) is 3.64. The van der Waals surface area contributed by atoms with Crippen molar-refractivity contribution in [3.63, 3.8) is 0 Å². The minimum atomic E-state index is -0.419. The summed E-state index contributed by atoms with van der Waals surface area (Å²) in [6, 6.07) is 6.73. The third kappa shape index (κ3) is 3.30. The number of halogens is 2. The second-order valence-electron chi connectivity index (χ2n) is 3.73. The van der Waals surface area contributed by atoms with Gasteiger partial charge in [-0.3, -0.25) is 0 Å². The number of benzene rings is 1. The topological polar surface area (TPSA) is 51.5 Å². The highest BCUT2D eigenvalue weighted by Gasteiger charge is 2.13. The molecule has 2 rings (SSSR count). The molecule has 2 aromatic rings. The Bertz CT molecular complexity index is 597. The fourth-order valence-corrected chi connectivity index (χ4v) is 2.09. The maximum absolute atomic E-state index is 11.6. The van der Waals surface area contributed by atoms with Gasteiger partial charge in [-0.25, -0.2) is 4.79 Å². The average molecular weight is 345 g/mol. The lowest BCUT2D eigenvalue weighted by Gasteiger charge is -2.10. The van der Waals surface area contributed by atoms with Gasteiger partial charge >= 0.3 is 5.97 Å². The van der Waals surface area contributed by atoms with Crippen molar-refractivity contribution in [2.75, 3.05) is 12.4 Å². The number of anilines is 1. The van der Waals surface area contributed by atoms with E-state index in [1.807, 2.05) is 0 Å². The molecule has 0 aliphatic heterocycles. The molecule has 0 aliphatic carbocycles. The maximum Gasteiger partial charge on any atom is 0.339 e. The van der Waals surface area contributed by atoms with Crippen LogP contribution in [0.2, 0.25) is 5.02 Å². The number of esters is 1. The van der Waals surface area contributed by atoms with Crippen LogP contribution in [0.3, 0.4) is 0 Å². The third-order valence-electron chi connectivity index (χ3n) is 2.52. The minimum absolute atomic E-state index is 0.419. The molecular formula is C13H11BrClNO3. The second-order valence-corrected chi connectivity index (χ2v) is 5.02. The van der Waals surface area contributed by atoms with E-state index in [0.717, 1.165) is 10.2 Å². The molecule has 0 saturated heterocycles. The summed E-state index contributed by atoms with van der Waals surface area (Å²) in [4.78, 5) is 11.6. The molecule has 0 fully saturated rings. The molecule has 4 nitrogen and oxygen atoms in total. The van der Waals surface area contributed by atoms with Gasteiger partial charge in [0.1, 0.15) is 5.76 Å². The molecule has 19 heavy (non-hydrogen) atoms. The van der Waals surface area contributed by atoms with E-state index in [-0.39, 0.29) is 0 Å². The van der Waals surface area contributed by atoms with E-state index in [9.17, 15) is 4.79 Å². The summed E-state index contributed by atoms with van der Waals surface area (Å²) in [6.07, 6.45) is 1.58. The van der Waals surface area contributed by atoms with Gasteiger partial charge < -0.3 is 14.5 Å². The molecule has 0 unspecified atom stereocenters. The van der Waals surface area contributed by atoms with Gasteiger partial charge in [-0.1, -0.05) is 11.6 Å². The van der Waals surface area contributed by atoms with Crippen LogP contribution in [0.5, 0.6) is 0 Å². The zero-order chi connectivity index (χ0) is 13.8. The van der Waals surface area contributed by atoms with Crippen molar-refractivity contribution in [1.29, 1.82) is 0 Å². The van der Waals surface area contributed by atoms with Crippen LogP contribution in [0, 0.1) is 0 Å². The lowest BCUT2D eigenvalue weighted by Crippen LogP contribution is -2.08. The number of hydrogen-bond donors (Lipinski definition) is 1. The zero-order valence-corrected chi connectivity index (χ0v) is 12.4. The quantitative estimate of drug-likeness (QED) is 0.849. The van der Waals surface area contributed by atoms with Gasteiger partial charge in [0.15, 0.2) is 0 Å². The fourth-order valence-electron chi connectivity index (χ4n) is 1.58. The maximum atomic E-state index is 11.6. The molecule has 1 heterocycles. The van der Waals surface area contributed by atoms with Crippen LogP contribution >= 0.6 is 27.5 Å². The first-order chi connectivity index (χ1) is 9.11. The predicted octanol–water partition coefficient (Wildman–Crippen LogP) is 4.09. The van der Waals surface area contributed by atoms with Crippen molar-refractivity contribution in [1.82, 2.24) is 0 Å². The van der Waals surface area contributed by atoms with Crippen molar-refractivity contribution in [3.8, 4) is 0 Å². The number of rotatable bonds is 4. The molecule has 0 radical (unpaired) electrons. The molecule has 0 atom stereocenters. The van der Waals surface area contributed by atoms with Crippen LogP contribution < -0.4 is 5.32 Å². The van der Waals surface area contributed by atoms with Gasteiger partial charge in [0.05, 0.1) is 35.6 Å². The van der Waals surface area contributed by atoms with Crippen LogP contribution in [-0.2, 0) is 11.3 Å². The Morgan fingerprint density at radius 3 is 2.89 bits per heavy atom. The summed E-state index contributed by atoms with van der Waals surface area (Å²) in [5.74, 6) is 0.313. The molecule has 1 N–H and O–H groups in total. The SMILES string of the molecule is COC(=O)c1ccc(Cl)cc1NCc1occc1Br. The van der Waals surface area contributed by atoms with Gasteiger partial charge in [-0.15, -0.1) is 0 Å². The second kappa shape index (κ2) is 6.12. The van der Waals surface area contributed by atoms with E-state index in [4.69, 9.17) is 20.8 Å². The van der Waals surface area contributed by atoms with E-state index < -0.39 is 5.97 Å². The number of methoxy groups -OCH3 is 1. The Labute approximate surface area is 123 Å². The Kier molecular flexibility index (Phi) is 4.50. The van der Waals surface area contributed by atoms with E-state index in [1.165, 1.54) is 7.11 Å². The van der Waals surface area contributed by atoms with Gasteiger partial charge in [-0.05, 0) is 40.2 Å². The standard InChI is InChI=1S/C13H11BrClNO3/c1-18-13(17)9-3-2-8(15)6-11(9)16-7-12-10(14)4-5-19-12/h2-6,16H,7H2,1H3. The van der Waals surface area contributed by atoms with Gasteiger partial charge in [0.25, 0.3) is 0 Å². The van der Waals surface area contributed by atoms with Gasteiger partial charge in [0, 0.05) is 5.02 Å². The van der Waals surface area contributed by atoms with Crippen LogP contribution in [0.4, 0.5) is 5.69 Å². The highest BCUT2D eigenvalue weighted by Crippen LogP contribution is 2.24. The van der Waals surface area contributed by atoms with Crippen molar-refractivity contribution in [3.05, 3.63) is 51.3 Å². The number of carbonyl (C=O) groups excluding carboxylic acids is 1. The Morgan fingerprint density at radius 1 is 1.47 bits per heavy atom. The summed E-state index contributed by atoms with van der Waals surface area (Å²) < 4.78 is 10.9. The fraction of sp³-hybridized carbons (Fsp3) is 0.154. The summed E-state index contributed by atoms with van der Waals surface area (Å²) >= 11 is 9.30. The van der Waals surface area contributed by atoms with Crippen LogP contribution in [0.1, 0.15) is 16.1 Å². The van der Waals surface area contributed by atoms with Gasteiger partial charge in [-0.2, -0.15) is 0 Å². The van der Waals surface area contributed by atoms with Crippen LogP contribution in [-0.4, -0.2) is 13.1 Å². The number of hydrogen-bond acceptors (Lipinski definition) is 4. The van der Waals surface area contributed by atoms with Crippen LogP contribution in [0.25, 0.3) is 0 Å². The highest BCUT2D eigenvalue weighted by atomic mass is 79.9. The average Bonchev–Trinajstić information content (AvgIpc) is 2.81. The number of furan rings is 1. The lowest BCUT2D eigenvalue weighted by atomic mass is 10.1. The van der Waals surface area contributed by atoms with Crippen molar-refractivity contribution in [2.24, 2.45) is 0 Å². The monoisotopic (exact) mass is 343 g/mol. The highest BCUT2D eigenvalue weighted by molar-refractivity contribution is 9.10. The molecule has 0 amide bonds. The van der Waals surface area contributed by atoms with E-state index >= 15 is 0 Å². The molecule has 0 aliphatic rings. The van der Waals surface area contributed by atoms with Crippen molar-refractivity contribution in [2.45, 2.75) is 6.54 Å². The van der Waals surface area contributed by atoms with Crippen molar-refractivity contribution < 1.29 is 13.9 Å². The molecule has 6 heteroatoms. The van der Waals surface area contributed by atoms with E-state index in [2.05, 4.69) is 21.2 Å². The first kappa shape index (κ1) is 14.0. The molecule has 100 valence electrons. The predicted molar refractivity (Wildman–Crippen MR) is 76.5 cm³/mol. The first-order valence-corrected chi connectivity index (χ1v) is 6.62. The molecule has 0 bridgehead atoms. The molecular weight excluding hydrogens is 334 g/mol. The minimum Gasteiger partial charge on any atom is -0.466 e. The largest absolute Gasteiger partial charge is 0.466 e. The van der Waals surface area contributed by atoms with Crippen molar-refractivity contribution >= 4 is 39.2 Å². The first-order valence-electron chi connectivity index (χ1n) is 5.45. The normalized spacial score (nSPS) is 10.3. The van der Waals surface area contributed by atoms with Crippen LogP contribution in [0.15, 0.2) is 39.4 Å². The summed E-state index contributed by atoms with van der Waals surface area (Å²) in [7, 11) is 1.34. The third-order valence-corrected chi connectivity index (χ3v) is 3.46. The number of ether oxygens (including phenoxy) is 1. The van der Waals surface area contributed by atoms with E-state index in [0.29, 0.717) is 22.8 Å². The molecule has 1 aromatic heterocycles. The zero-order valence-electron chi connectivity index (χ0n) is 10.1. The summed E-state index contributed by atoms with van der Waals surface area (Å²) in [5.41, 5.74) is 1.03. The molecule has 0 saturated carbocycles. The van der Waals surface area contributed by atoms with E-state index in [1.54, 1.807) is 30.5 Å². The Morgan fingerprint density at radius 2 is 2.26 bits per heavy atom. The number of nitrogens with one attached hydrogen (secondary N) is 1. The molecule has 0 spiro atoms. The smallest absolute Gasteiger partial charge is 0.339 e. The lowest BCUT2D eigenvalue weighted by molar-refractivity contribution is 0.0602. The number of carbonyl (C=O) groups is 1. The summed E-state index contributed by atoms with van der Waals surface area (Å²) in [6.45, 7) is 0.428. The molecule has 1 aromatic carbocycles. The Hall–Kier alpha value is -1.46. The van der Waals surface area contributed by atoms with Gasteiger partial charge in [0.2, 0.25) is 0 Å².